The van der Waals surface area contributed by atoms with Crippen molar-refractivity contribution in [1.29, 1.82) is 0 Å². The molecule has 0 saturated heterocycles. The number of carbonyl (C=O) groups is 1. The Morgan fingerprint density at radius 3 is 2.50 bits per heavy atom. The second-order valence-corrected chi connectivity index (χ2v) is 5.40. The van der Waals surface area contributed by atoms with Gasteiger partial charge in [0.05, 0.1) is 5.52 Å². The van der Waals surface area contributed by atoms with Crippen LogP contribution < -0.4 is 9.97 Å². The molecule has 122 valence electrons. The average Bonchev–Trinajstić information content (AvgIpc) is 2.82. The topological polar surface area (TPSA) is 43.3 Å². The number of nitrogens with zero attached hydrogens (tertiary/aromatic N) is 1. The summed E-state index contributed by atoms with van der Waals surface area (Å²) in [5, 5.41) is 3.33. The number of fused-ring (bicyclic) bond motifs is 1. The number of rotatable bonds is 4. The summed E-state index contributed by atoms with van der Waals surface area (Å²) in [6, 6.07) is 14.2. The summed E-state index contributed by atoms with van der Waals surface area (Å²) in [4.78, 5) is 12.7. The Kier molecular flexibility index (Phi) is 4.25. The number of anilines is 1. The summed E-state index contributed by atoms with van der Waals surface area (Å²) in [6.07, 6.45) is 0. The summed E-state index contributed by atoms with van der Waals surface area (Å²) in [5.41, 5.74) is 2.24. The average molecular weight is 328 g/mol. The summed E-state index contributed by atoms with van der Waals surface area (Å²) >= 11 is 0. The molecule has 2 aromatic carbocycles. The minimum atomic E-state index is -3.02. The summed E-state index contributed by atoms with van der Waals surface area (Å²) in [5.74, 6) is -0.644. The molecule has 0 aliphatic heterocycles. The lowest BCUT2D eigenvalue weighted by Gasteiger charge is -2.10. The smallest absolute Gasteiger partial charge is 0.491 e. The van der Waals surface area contributed by atoms with Crippen molar-refractivity contribution >= 4 is 30.0 Å². The normalized spacial score (nSPS) is 10.7. The van der Waals surface area contributed by atoms with Crippen LogP contribution >= 0.6 is 0 Å². The number of aryl methyl sites for hydroxylation is 2. The Bertz CT molecular complexity index is 909. The van der Waals surface area contributed by atoms with Crippen molar-refractivity contribution in [3.8, 4) is 5.88 Å². The minimum absolute atomic E-state index is 0.0941. The van der Waals surface area contributed by atoms with E-state index in [0.29, 0.717) is 16.6 Å². The zero-order chi connectivity index (χ0) is 17.3. The number of aromatic nitrogens is 1. The van der Waals surface area contributed by atoms with Gasteiger partial charge in [-0.1, -0.05) is 36.4 Å². The highest BCUT2D eigenvalue weighted by atomic mass is 19.2. The van der Waals surface area contributed by atoms with Crippen molar-refractivity contribution in [2.45, 2.75) is 6.92 Å². The fourth-order valence-electron chi connectivity index (χ4n) is 2.71. The highest BCUT2D eigenvalue weighted by Crippen LogP contribution is 2.32. The third-order valence-corrected chi connectivity index (χ3v) is 3.87. The Morgan fingerprint density at radius 2 is 1.79 bits per heavy atom. The lowest BCUT2D eigenvalue weighted by Crippen LogP contribution is -2.17. The molecule has 0 unspecified atom stereocenters. The first kappa shape index (κ1) is 16.0. The standard InChI is InChI=1S/C17H15BF2N2O2/c1-11-7-3-5-9-13(11)21-16(23)15-12-8-4-6-10-14(12)22(2)17(15)24-18(19)20/h3-10H,1-2H3,(H,21,23). The van der Waals surface area contributed by atoms with Crippen molar-refractivity contribution in [2.24, 2.45) is 7.05 Å². The van der Waals surface area contributed by atoms with E-state index in [0.717, 1.165) is 5.56 Å². The largest absolute Gasteiger partial charge is 0.797 e. The fraction of sp³-hybridized carbons (Fsp3) is 0.118. The van der Waals surface area contributed by atoms with E-state index in [-0.39, 0.29) is 11.4 Å². The van der Waals surface area contributed by atoms with Gasteiger partial charge in [0.2, 0.25) is 0 Å². The maximum absolute atomic E-state index is 12.8. The molecule has 3 rings (SSSR count). The molecule has 0 saturated carbocycles. The van der Waals surface area contributed by atoms with Crippen LogP contribution in [0.25, 0.3) is 10.9 Å². The van der Waals surface area contributed by atoms with Gasteiger partial charge in [-0.15, -0.1) is 0 Å². The predicted octanol–water partition coefficient (Wildman–Crippen LogP) is 4.04. The minimum Gasteiger partial charge on any atom is -0.491 e. The predicted molar refractivity (Wildman–Crippen MR) is 90.6 cm³/mol. The third-order valence-electron chi connectivity index (χ3n) is 3.87. The van der Waals surface area contributed by atoms with Gasteiger partial charge < -0.3 is 14.5 Å². The molecule has 0 aliphatic carbocycles. The molecule has 4 nitrogen and oxygen atoms in total. The van der Waals surface area contributed by atoms with Crippen molar-refractivity contribution in [3.05, 3.63) is 59.7 Å². The van der Waals surface area contributed by atoms with Crippen LogP contribution in [-0.4, -0.2) is 17.9 Å². The number of hydrogen-bond donors (Lipinski definition) is 1. The molecule has 0 radical (unpaired) electrons. The van der Waals surface area contributed by atoms with E-state index in [4.69, 9.17) is 0 Å². The maximum atomic E-state index is 12.8. The van der Waals surface area contributed by atoms with Crippen LogP contribution in [-0.2, 0) is 7.05 Å². The lowest BCUT2D eigenvalue weighted by molar-refractivity contribution is 0.102. The van der Waals surface area contributed by atoms with E-state index >= 15 is 0 Å². The molecule has 24 heavy (non-hydrogen) atoms. The molecule has 0 fully saturated rings. The summed E-state index contributed by atoms with van der Waals surface area (Å²) in [6.45, 7) is 1.86. The molecule has 3 aromatic rings. The molecule has 0 spiro atoms. The number of amides is 1. The number of nitrogens with one attached hydrogen (secondary N) is 1. The van der Waals surface area contributed by atoms with Crippen LogP contribution in [0.3, 0.4) is 0 Å². The van der Waals surface area contributed by atoms with E-state index in [1.54, 1.807) is 43.4 Å². The van der Waals surface area contributed by atoms with E-state index < -0.39 is 13.4 Å². The molecule has 1 heterocycles. The lowest BCUT2D eigenvalue weighted by atomic mass is 10.1. The van der Waals surface area contributed by atoms with Crippen molar-refractivity contribution in [3.63, 3.8) is 0 Å². The summed E-state index contributed by atoms with van der Waals surface area (Å²) in [7, 11) is -1.43. The van der Waals surface area contributed by atoms with E-state index in [1.807, 2.05) is 19.1 Å². The first-order chi connectivity index (χ1) is 11.5. The SMILES string of the molecule is Cc1ccccc1NC(=O)c1c(OB(F)F)n(C)c2ccccc12. The molecular formula is C17H15BF2N2O2. The van der Waals surface area contributed by atoms with Gasteiger partial charge in [0.25, 0.3) is 5.91 Å². The number of carbonyl (C=O) groups excluding carboxylic acids is 1. The van der Waals surface area contributed by atoms with Crippen molar-refractivity contribution in [1.82, 2.24) is 4.57 Å². The molecule has 0 bridgehead atoms. The maximum Gasteiger partial charge on any atom is 0.797 e. The second kappa shape index (κ2) is 6.35. The van der Waals surface area contributed by atoms with Gasteiger partial charge in [-0.3, -0.25) is 4.79 Å². The second-order valence-electron chi connectivity index (χ2n) is 5.40. The Labute approximate surface area is 138 Å². The van der Waals surface area contributed by atoms with Gasteiger partial charge in [0, 0.05) is 18.1 Å². The van der Waals surface area contributed by atoms with Gasteiger partial charge >= 0.3 is 7.47 Å². The molecule has 7 heteroatoms. The third kappa shape index (κ3) is 2.85. The molecule has 0 aliphatic rings. The molecule has 0 atom stereocenters. The quantitative estimate of drug-likeness (QED) is 0.735. The van der Waals surface area contributed by atoms with Gasteiger partial charge in [-0.25, -0.2) is 8.63 Å². The van der Waals surface area contributed by atoms with Gasteiger partial charge in [0.15, 0.2) is 5.88 Å². The van der Waals surface area contributed by atoms with Crippen LogP contribution in [0.15, 0.2) is 48.5 Å². The van der Waals surface area contributed by atoms with Crippen molar-refractivity contribution in [2.75, 3.05) is 5.32 Å². The number of hydrogen-bond acceptors (Lipinski definition) is 2. The molecular weight excluding hydrogens is 313 g/mol. The van der Waals surface area contributed by atoms with E-state index in [1.165, 1.54) is 4.57 Å². The number of para-hydroxylation sites is 2. The molecule has 1 N–H and O–H groups in total. The van der Waals surface area contributed by atoms with Crippen LogP contribution in [0.4, 0.5) is 14.3 Å². The van der Waals surface area contributed by atoms with Crippen LogP contribution in [0.5, 0.6) is 5.88 Å². The zero-order valence-electron chi connectivity index (χ0n) is 13.2. The highest BCUT2D eigenvalue weighted by molar-refractivity contribution is 6.36. The van der Waals surface area contributed by atoms with Gasteiger partial charge in [0.1, 0.15) is 5.56 Å². The Morgan fingerprint density at radius 1 is 1.12 bits per heavy atom. The fourth-order valence-corrected chi connectivity index (χ4v) is 2.71. The first-order valence-corrected chi connectivity index (χ1v) is 7.38. The van der Waals surface area contributed by atoms with Crippen molar-refractivity contribution < 1.29 is 18.1 Å². The molecule has 1 amide bonds. The zero-order valence-corrected chi connectivity index (χ0v) is 13.2. The van der Waals surface area contributed by atoms with Crippen LogP contribution in [0.1, 0.15) is 15.9 Å². The molecule has 1 aromatic heterocycles. The number of halogens is 2. The summed E-state index contributed by atoms with van der Waals surface area (Å²) < 4.78 is 31.7. The Hall–Kier alpha value is -2.83. The van der Waals surface area contributed by atoms with Gasteiger partial charge in [-0.05, 0) is 24.6 Å². The monoisotopic (exact) mass is 328 g/mol. The van der Waals surface area contributed by atoms with Gasteiger partial charge in [-0.2, -0.15) is 0 Å². The first-order valence-electron chi connectivity index (χ1n) is 7.38. The van der Waals surface area contributed by atoms with Crippen LogP contribution in [0, 0.1) is 6.92 Å². The van der Waals surface area contributed by atoms with E-state index in [2.05, 4.69) is 9.97 Å². The van der Waals surface area contributed by atoms with E-state index in [9.17, 15) is 13.4 Å². The number of benzene rings is 2. The highest BCUT2D eigenvalue weighted by Gasteiger charge is 2.28. The van der Waals surface area contributed by atoms with Crippen LogP contribution in [0.2, 0.25) is 0 Å². The Balaban J connectivity index is 2.10.